The molecule has 0 aromatic carbocycles. The second kappa shape index (κ2) is 7.40. The number of aryl methyl sites for hydroxylation is 1. The minimum Gasteiger partial charge on any atom is -0.376 e. The van der Waals surface area contributed by atoms with Gasteiger partial charge in [0.25, 0.3) is 5.91 Å². The van der Waals surface area contributed by atoms with E-state index in [0.717, 1.165) is 38.2 Å². The molecule has 2 aromatic heterocycles. The number of aromatic nitrogens is 2. The van der Waals surface area contributed by atoms with E-state index >= 15 is 0 Å². The summed E-state index contributed by atoms with van der Waals surface area (Å²) in [4.78, 5) is 21.3. The minimum atomic E-state index is 0.0233. The molecule has 2 aliphatic heterocycles. The highest BCUT2D eigenvalue weighted by atomic mass is 16.5. The molecule has 1 amide bonds. The molecule has 2 aliphatic rings. The molecule has 144 valence electrons. The van der Waals surface area contributed by atoms with Crippen molar-refractivity contribution in [1.82, 2.24) is 19.9 Å². The zero-order valence-electron chi connectivity index (χ0n) is 15.9. The molecule has 4 rings (SSSR count). The lowest BCUT2D eigenvalue weighted by molar-refractivity contribution is 0.0495. The molecule has 7 nitrogen and oxygen atoms in total. The molecule has 4 heterocycles. The normalized spacial score (nSPS) is 25.6. The second-order valence-electron chi connectivity index (χ2n) is 7.92. The van der Waals surface area contributed by atoms with E-state index in [1.54, 1.807) is 13.1 Å². The van der Waals surface area contributed by atoms with Gasteiger partial charge in [0.1, 0.15) is 11.8 Å². The lowest BCUT2D eigenvalue weighted by atomic mass is 9.77. The summed E-state index contributed by atoms with van der Waals surface area (Å²) in [5.74, 6) is 0.441. The molecule has 1 spiro atoms. The molecule has 2 aromatic rings. The monoisotopic (exact) mass is 370 g/mol. The highest BCUT2D eigenvalue weighted by molar-refractivity contribution is 5.95. The number of hydrogen-bond donors (Lipinski definition) is 0. The maximum atomic E-state index is 12.8. The van der Waals surface area contributed by atoms with E-state index in [1.807, 2.05) is 23.2 Å². The summed E-state index contributed by atoms with van der Waals surface area (Å²) < 4.78 is 11.0. The Hall–Kier alpha value is -2.25. The molecule has 2 fully saturated rings. The number of likely N-dealkylation sites (tertiary alicyclic amines) is 2. The number of amides is 1. The Kier molecular flexibility index (Phi) is 4.97. The molecule has 0 bridgehead atoms. The third kappa shape index (κ3) is 3.61. The Bertz CT molecular complexity index is 794. The molecule has 0 aliphatic carbocycles. The maximum Gasteiger partial charge on any atom is 0.259 e. The zero-order chi connectivity index (χ0) is 18.9. The largest absolute Gasteiger partial charge is 0.376 e. The fraction of sp³-hybridized carbons (Fsp3) is 0.550. The fourth-order valence-electron chi connectivity index (χ4n) is 4.53. The van der Waals surface area contributed by atoms with Crippen molar-refractivity contribution in [1.29, 1.82) is 0 Å². The first-order valence-corrected chi connectivity index (χ1v) is 9.43. The Morgan fingerprint density at radius 2 is 2.33 bits per heavy atom. The Morgan fingerprint density at radius 3 is 3.07 bits per heavy atom. The van der Waals surface area contributed by atoms with Gasteiger partial charge >= 0.3 is 0 Å². The Balaban J connectivity index is 1.40. The predicted molar refractivity (Wildman–Crippen MR) is 99.1 cm³/mol. The van der Waals surface area contributed by atoms with Crippen molar-refractivity contribution < 1.29 is 14.1 Å². The molecule has 7 heteroatoms. The van der Waals surface area contributed by atoms with Gasteiger partial charge in [-0.3, -0.25) is 9.78 Å². The van der Waals surface area contributed by atoms with E-state index in [1.165, 1.54) is 6.26 Å². The van der Waals surface area contributed by atoms with Crippen molar-refractivity contribution in [3.63, 3.8) is 0 Å². The zero-order valence-corrected chi connectivity index (χ0v) is 15.9. The highest BCUT2D eigenvalue weighted by Crippen LogP contribution is 2.44. The van der Waals surface area contributed by atoms with E-state index in [4.69, 9.17) is 9.26 Å². The molecule has 0 N–H and O–H groups in total. The third-order valence-corrected chi connectivity index (χ3v) is 5.95. The molecule has 2 saturated heterocycles. The molecule has 0 unspecified atom stereocenters. The van der Waals surface area contributed by atoms with Crippen LogP contribution in [0.3, 0.4) is 0 Å². The first-order chi connectivity index (χ1) is 13.1. The first-order valence-electron chi connectivity index (χ1n) is 9.43. The third-order valence-electron chi connectivity index (χ3n) is 5.95. The van der Waals surface area contributed by atoms with E-state index < -0.39 is 0 Å². The summed E-state index contributed by atoms with van der Waals surface area (Å²) >= 11 is 0. The quantitative estimate of drug-likeness (QED) is 0.802. The molecule has 0 saturated carbocycles. The molecule has 2 atom stereocenters. The smallest absolute Gasteiger partial charge is 0.259 e. The number of rotatable bonds is 5. The number of pyridine rings is 1. The van der Waals surface area contributed by atoms with Gasteiger partial charge in [0.15, 0.2) is 0 Å². The van der Waals surface area contributed by atoms with Crippen LogP contribution < -0.4 is 0 Å². The summed E-state index contributed by atoms with van der Waals surface area (Å²) in [6.07, 6.45) is 6.08. The van der Waals surface area contributed by atoms with Gasteiger partial charge in [-0.05, 0) is 32.0 Å². The number of hydrogen-bond acceptors (Lipinski definition) is 6. The van der Waals surface area contributed by atoms with Crippen molar-refractivity contribution in [2.75, 3.05) is 39.8 Å². The van der Waals surface area contributed by atoms with E-state index in [0.29, 0.717) is 30.4 Å². The lowest BCUT2D eigenvalue weighted by Gasteiger charge is -2.30. The number of ether oxygens (including phenoxy) is 1. The standard InChI is InChI=1S/C20H26N4O3/c1-15-18(12-27-22-15)19(25)24-7-5-20(14-24)13-23(2)9-17(20)11-26-10-16-4-3-6-21-8-16/h3-4,6,8,12,17H,5,7,9-11,13-14H2,1-2H3/t17-,20-/m1/s1. The van der Waals surface area contributed by atoms with Gasteiger partial charge in [-0.1, -0.05) is 11.2 Å². The minimum absolute atomic E-state index is 0.0233. The first kappa shape index (κ1) is 18.1. The fourth-order valence-corrected chi connectivity index (χ4v) is 4.53. The average molecular weight is 370 g/mol. The highest BCUT2D eigenvalue weighted by Gasteiger charge is 2.50. The van der Waals surface area contributed by atoms with Crippen molar-refractivity contribution in [3.05, 3.63) is 47.6 Å². The SMILES string of the molecule is Cc1nocc1C(=O)N1CC[C@@]2(CN(C)C[C@@H]2COCc2cccnc2)C1. The van der Waals surface area contributed by atoms with Crippen molar-refractivity contribution in [2.45, 2.75) is 20.0 Å². The summed E-state index contributed by atoms with van der Waals surface area (Å²) in [5.41, 5.74) is 2.41. The maximum absolute atomic E-state index is 12.8. The van der Waals surface area contributed by atoms with Crippen LogP contribution in [0.2, 0.25) is 0 Å². The Morgan fingerprint density at radius 1 is 1.44 bits per heavy atom. The van der Waals surface area contributed by atoms with Crippen molar-refractivity contribution in [3.8, 4) is 0 Å². The van der Waals surface area contributed by atoms with Crippen LogP contribution in [0.25, 0.3) is 0 Å². The van der Waals surface area contributed by atoms with Gasteiger partial charge in [-0.2, -0.15) is 0 Å². The predicted octanol–water partition coefficient (Wildman–Crippen LogP) is 1.99. The molecule has 27 heavy (non-hydrogen) atoms. The molecule has 0 radical (unpaired) electrons. The van der Waals surface area contributed by atoms with Crippen LogP contribution in [-0.4, -0.2) is 65.7 Å². The van der Waals surface area contributed by atoms with Gasteiger partial charge in [-0.15, -0.1) is 0 Å². The molecular weight excluding hydrogens is 344 g/mol. The summed E-state index contributed by atoms with van der Waals surface area (Å²) in [6.45, 7) is 6.63. The van der Waals surface area contributed by atoms with E-state index in [2.05, 4.69) is 22.1 Å². The van der Waals surface area contributed by atoms with Gasteiger partial charge in [0.2, 0.25) is 0 Å². The van der Waals surface area contributed by atoms with Crippen LogP contribution >= 0.6 is 0 Å². The topological polar surface area (TPSA) is 71.7 Å². The van der Waals surface area contributed by atoms with Crippen LogP contribution in [0.5, 0.6) is 0 Å². The van der Waals surface area contributed by atoms with Crippen LogP contribution in [0.1, 0.15) is 28.0 Å². The van der Waals surface area contributed by atoms with Crippen LogP contribution in [-0.2, 0) is 11.3 Å². The lowest BCUT2D eigenvalue weighted by Crippen LogP contribution is -2.38. The van der Waals surface area contributed by atoms with Gasteiger partial charge in [0, 0.05) is 49.9 Å². The number of nitrogens with zero attached hydrogens (tertiary/aromatic N) is 4. The van der Waals surface area contributed by atoms with Crippen molar-refractivity contribution >= 4 is 5.91 Å². The molecular formula is C20H26N4O3. The number of carbonyl (C=O) groups is 1. The van der Waals surface area contributed by atoms with Crippen molar-refractivity contribution in [2.24, 2.45) is 11.3 Å². The summed E-state index contributed by atoms with van der Waals surface area (Å²) in [5, 5.41) is 3.84. The van der Waals surface area contributed by atoms with Crippen LogP contribution in [0.4, 0.5) is 0 Å². The Labute approximate surface area is 159 Å². The number of carbonyl (C=O) groups excluding carboxylic acids is 1. The van der Waals surface area contributed by atoms with E-state index in [-0.39, 0.29) is 11.3 Å². The average Bonchev–Trinajstić information content (AvgIpc) is 3.36. The van der Waals surface area contributed by atoms with Crippen LogP contribution in [0, 0.1) is 18.3 Å². The second-order valence-corrected chi connectivity index (χ2v) is 7.92. The van der Waals surface area contributed by atoms with Gasteiger partial charge in [0.05, 0.1) is 18.9 Å². The van der Waals surface area contributed by atoms with E-state index in [9.17, 15) is 4.79 Å². The summed E-state index contributed by atoms with van der Waals surface area (Å²) in [7, 11) is 2.15. The van der Waals surface area contributed by atoms with Crippen LogP contribution in [0.15, 0.2) is 35.3 Å². The van der Waals surface area contributed by atoms with Gasteiger partial charge < -0.3 is 19.1 Å². The summed E-state index contributed by atoms with van der Waals surface area (Å²) in [6, 6.07) is 3.96. The van der Waals surface area contributed by atoms with Gasteiger partial charge in [-0.25, -0.2) is 0 Å².